The van der Waals surface area contributed by atoms with Crippen LogP contribution in [0.5, 0.6) is 0 Å². The van der Waals surface area contributed by atoms with Gasteiger partial charge in [0, 0.05) is 23.0 Å². The molecule has 2 N–H and O–H groups in total. The molecule has 0 unspecified atom stereocenters. The maximum absolute atomic E-state index is 5.37. The summed E-state index contributed by atoms with van der Waals surface area (Å²) in [6, 6.07) is 18.0. The molecule has 3 nitrogen and oxygen atoms in total. The third-order valence-corrected chi connectivity index (χ3v) is 3.41. The zero-order valence-corrected chi connectivity index (χ0v) is 12.4. The van der Waals surface area contributed by atoms with Crippen LogP contribution in [0.3, 0.4) is 0 Å². The fourth-order valence-electron chi connectivity index (χ4n) is 2.13. The first-order valence-electron chi connectivity index (χ1n) is 6.71. The number of anilines is 2. The highest BCUT2D eigenvalue weighted by atomic mass is 32.1. The van der Waals surface area contributed by atoms with Crippen molar-refractivity contribution >= 4 is 39.6 Å². The number of aryl methyl sites for hydroxylation is 1. The van der Waals surface area contributed by atoms with Crippen LogP contribution < -0.4 is 10.6 Å². The SMILES string of the molecule is Cc1ccc(NC(=S)Nc2cccc3ncccc23)cc1. The molecule has 0 radical (unpaired) electrons. The van der Waals surface area contributed by atoms with Gasteiger partial charge in [-0.3, -0.25) is 4.98 Å². The summed E-state index contributed by atoms with van der Waals surface area (Å²) in [7, 11) is 0. The summed E-state index contributed by atoms with van der Waals surface area (Å²) in [5, 5.41) is 8.02. The molecule has 0 saturated heterocycles. The molecule has 0 saturated carbocycles. The van der Waals surface area contributed by atoms with Crippen molar-refractivity contribution in [1.29, 1.82) is 0 Å². The molecule has 21 heavy (non-hydrogen) atoms. The molecule has 3 aromatic rings. The molecule has 0 atom stereocenters. The third kappa shape index (κ3) is 3.17. The lowest BCUT2D eigenvalue weighted by molar-refractivity contribution is 1.41. The number of hydrogen-bond acceptors (Lipinski definition) is 2. The van der Waals surface area contributed by atoms with Gasteiger partial charge in [0.15, 0.2) is 5.11 Å². The van der Waals surface area contributed by atoms with Crippen LogP contribution in [0.15, 0.2) is 60.8 Å². The van der Waals surface area contributed by atoms with Crippen LogP contribution in [0.25, 0.3) is 10.9 Å². The van der Waals surface area contributed by atoms with Crippen molar-refractivity contribution in [1.82, 2.24) is 4.98 Å². The van der Waals surface area contributed by atoms with Crippen molar-refractivity contribution < 1.29 is 0 Å². The minimum Gasteiger partial charge on any atom is -0.332 e. The van der Waals surface area contributed by atoms with Gasteiger partial charge in [0.25, 0.3) is 0 Å². The van der Waals surface area contributed by atoms with Crippen LogP contribution in [-0.4, -0.2) is 10.1 Å². The molecule has 4 heteroatoms. The van der Waals surface area contributed by atoms with Gasteiger partial charge < -0.3 is 10.6 Å². The first kappa shape index (κ1) is 13.5. The first-order chi connectivity index (χ1) is 10.2. The van der Waals surface area contributed by atoms with Crippen LogP contribution >= 0.6 is 12.2 Å². The summed E-state index contributed by atoms with van der Waals surface area (Å²) in [6.45, 7) is 2.06. The largest absolute Gasteiger partial charge is 0.332 e. The van der Waals surface area contributed by atoms with Gasteiger partial charge in [-0.1, -0.05) is 23.8 Å². The van der Waals surface area contributed by atoms with E-state index >= 15 is 0 Å². The van der Waals surface area contributed by atoms with Gasteiger partial charge in [0.1, 0.15) is 0 Å². The minimum absolute atomic E-state index is 0.565. The molecule has 1 aromatic heterocycles. The molecule has 0 bridgehead atoms. The Morgan fingerprint density at radius 1 is 0.952 bits per heavy atom. The lowest BCUT2D eigenvalue weighted by Gasteiger charge is -2.12. The second-order valence-corrected chi connectivity index (χ2v) is 5.23. The number of pyridine rings is 1. The third-order valence-electron chi connectivity index (χ3n) is 3.20. The second-order valence-electron chi connectivity index (χ2n) is 4.82. The van der Waals surface area contributed by atoms with Crippen molar-refractivity contribution in [2.75, 3.05) is 10.6 Å². The minimum atomic E-state index is 0.565. The number of fused-ring (bicyclic) bond motifs is 1. The monoisotopic (exact) mass is 293 g/mol. The van der Waals surface area contributed by atoms with Crippen LogP contribution in [0, 0.1) is 6.92 Å². The fourth-order valence-corrected chi connectivity index (χ4v) is 2.36. The standard InChI is InChI=1S/C17H15N3S/c1-12-7-9-13(10-8-12)19-17(21)20-16-6-2-5-15-14(16)4-3-11-18-15/h2-11H,1H3,(H2,19,20,21). The van der Waals surface area contributed by atoms with E-state index in [0.29, 0.717) is 5.11 Å². The number of nitrogens with one attached hydrogen (secondary N) is 2. The Morgan fingerprint density at radius 3 is 2.57 bits per heavy atom. The van der Waals surface area contributed by atoms with Crippen LogP contribution in [0.1, 0.15) is 5.56 Å². The van der Waals surface area contributed by atoms with E-state index in [1.807, 2.05) is 54.6 Å². The number of thiocarbonyl (C=S) groups is 1. The highest BCUT2D eigenvalue weighted by molar-refractivity contribution is 7.80. The Balaban J connectivity index is 1.79. The summed E-state index contributed by atoms with van der Waals surface area (Å²) >= 11 is 5.37. The summed E-state index contributed by atoms with van der Waals surface area (Å²) in [5.41, 5.74) is 4.09. The lowest BCUT2D eigenvalue weighted by atomic mass is 10.2. The van der Waals surface area contributed by atoms with Gasteiger partial charge in [0.2, 0.25) is 0 Å². The van der Waals surface area contributed by atoms with Crippen LogP contribution in [0.2, 0.25) is 0 Å². The smallest absolute Gasteiger partial charge is 0.175 e. The molecule has 104 valence electrons. The normalized spacial score (nSPS) is 10.3. The Bertz CT molecular complexity index is 776. The summed E-state index contributed by atoms with van der Waals surface area (Å²) in [6.07, 6.45) is 1.79. The fraction of sp³-hybridized carbons (Fsp3) is 0.0588. The number of rotatable bonds is 2. The summed E-state index contributed by atoms with van der Waals surface area (Å²) in [5.74, 6) is 0. The Kier molecular flexibility index (Phi) is 3.79. The molecule has 0 spiro atoms. The van der Waals surface area contributed by atoms with E-state index in [2.05, 4.69) is 22.5 Å². The quantitative estimate of drug-likeness (QED) is 0.689. The molecule has 0 aliphatic carbocycles. The molecule has 3 rings (SSSR count). The topological polar surface area (TPSA) is 37.0 Å². The average molecular weight is 293 g/mol. The number of nitrogens with zero attached hydrogens (tertiary/aromatic N) is 1. The van der Waals surface area contributed by atoms with Gasteiger partial charge >= 0.3 is 0 Å². The highest BCUT2D eigenvalue weighted by Crippen LogP contribution is 2.21. The maximum Gasteiger partial charge on any atom is 0.175 e. The van der Waals surface area contributed by atoms with Crippen molar-refractivity contribution in [3.05, 3.63) is 66.4 Å². The summed E-state index contributed by atoms with van der Waals surface area (Å²) < 4.78 is 0. The van der Waals surface area contributed by atoms with Crippen molar-refractivity contribution in [3.8, 4) is 0 Å². The van der Waals surface area contributed by atoms with Crippen LogP contribution in [0.4, 0.5) is 11.4 Å². The van der Waals surface area contributed by atoms with E-state index in [1.54, 1.807) is 6.20 Å². The van der Waals surface area contributed by atoms with Crippen molar-refractivity contribution in [2.45, 2.75) is 6.92 Å². The molecule has 1 heterocycles. The van der Waals surface area contributed by atoms with Crippen molar-refractivity contribution in [2.24, 2.45) is 0 Å². The Hall–Kier alpha value is -2.46. The summed E-state index contributed by atoms with van der Waals surface area (Å²) in [4.78, 5) is 4.34. The van der Waals surface area contributed by atoms with E-state index in [4.69, 9.17) is 12.2 Å². The average Bonchev–Trinajstić information content (AvgIpc) is 2.50. The maximum atomic E-state index is 5.37. The molecule has 0 aliphatic rings. The van der Waals surface area contributed by atoms with E-state index < -0.39 is 0 Å². The zero-order valence-electron chi connectivity index (χ0n) is 11.6. The zero-order chi connectivity index (χ0) is 14.7. The predicted molar refractivity (Wildman–Crippen MR) is 92.8 cm³/mol. The highest BCUT2D eigenvalue weighted by Gasteiger charge is 2.03. The molecular formula is C17H15N3S. The predicted octanol–water partition coefficient (Wildman–Crippen LogP) is 4.35. The number of benzene rings is 2. The molecule has 2 aromatic carbocycles. The van der Waals surface area contributed by atoms with Crippen molar-refractivity contribution in [3.63, 3.8) is 0 Å². The van der Waals surface area contributed by atoms with E-state index in [9.17, 15) is 0 Å². The second kappa shape index (κ2) is 5.89. The molecule has 0 fully saturated rings. The van der Waals surface area contributed by atoms with E-state index in [-0.39, 0.29) is 0 Å². The van der Waals surface area contributed by atoms with Gasteiger partial charge in [-0.2, -0.15) is 0 Å². The van der Waals surface area contributed by atoms with Gasteiger partial charge in [-0.05, 0) is 55.5 Å². The van der Waals surface area contributed by atoms with E-state index in [1.165, 1.54) is 5.56 Å². The van der Waals surface area contributed by atoms with E-state index in [0.717, 1.165) is 22.3 Å². The van der Waals surface area contributed by atoms with Crippen LogP contribution in [-0.2, 0) is 0 Å². The van der Waals surface area contributed by atoms with Gasteiger partial charge in [-0.15, -0.1) is 0 Å². The van der Waals surface area contributed by atoms with Gasteiger partial charge in [0.05, 0.1) is 5.52 Å². The molecule has 0 aliphatic heterocycles. The molecular weight excluding hydrogens is 278 g/mol. The Morgan fingerprint density at radius 2 is 1.76 bits per heavy atom. The molecule has 0 amide bonds. The first-order valence-corrected chi connectivity index (χ1v) is 7.11. The number of aromatic nitrogens is 1. The lowest BCUT2D eigenvalue weighted by Crippen LogP contribution is -2.19. The number of hydrogen-bond donors (Lipinski definition) is 2. The Labute approximate surface area is 129 Å². The van der Waals surface area contributed by atoms with Gasteiger partial charge in [-0.25, -0.2) is 0 Å².